The predicted molar refractivity (Wildman–Crippen MR) is 36.2 cm³/mol. The highest BCUT2D eigenvalue weighted by Gasteiger charge is 2.32. The van der Waals surface area contributed by atoms with E-state index in [0.717, 1.165) is 0 Å². The van der Waals surface area contributed by atoms with Crippen LogP contribution in [0.4, 0.5) is 0 Å². The Labute approximate surface area is 62.2 Å². The van der Waals surface area contributed by atoms with E-state index in [0.29, 0.717) is 0 Å². The summed E-state index contributed by atoms with van der Waals surface area (Å²) in [5.41, 5.74) is -0.718. The van der Waals surface area contributed by atoms with Crippen molar-refractivity contribution < 1.29 is 14.7 Å². The third-order valence-corrected chi connectivity index (χ3v) is 1.29. The van der Waals surface area contributed by atoms with Crippen molar-refractivity contribution in [3.8, 4) is 0 Å². The van der Waals surface area contributed by atoms with Crippen LogP contribution in [0.25, 0.3) is 0 Å². The Morgan fingerprint density at radius 2 is 2.00 bits per heavy atom. The molecule has 1 rings (SSSR count). The average Bonchev–Trinajstić information content (AvgIpc) is 2.07. The number of carbonyl (C=O) groups excluding carboxylic acids is 2. The van der Waals surface area contributed by atoms with Crippen molar-refractivity contribution in [3.05, 3.63) is 11.3 Å². The standard InChI is InChI=1S/C6H6N2O3/c1-2(9)3-4(7)6(11)8-5(3)10/h7,9H,1H3,(H,8,10,11). The summed E-state index contributed by atoms with van der Waals surface area (Å²) in [6.07, 6.45) is 0. The zero-order valence-corrected chi connectivity index (χ0v) is 5.76. The minimum Gasteiger partial charge on any atom is -0.512 e. The second-order valence-corrected chi connectivity index (χ2v) is 2.12. The van der Waals surface area contributed by atoms with Gasteiger partial charge in [0.2, 0.25) is 0 Å². The van der Waals surface area contributed by atoms with Crippen LogP contribution in [0.15, 0.2) is 11.3 Å². The summed E-state index contributed by atoms with van der Waals surface area (Å²) in [5.74, 6) is -1.78. The van der Waals surface area contributed by atoms with Crippen LogP contribution in [-0.4, -0.2) is 22.6 Å². The Morgan fingerprint density at radius 1 is 1.45 bits per heavy atom. The molecule has 1 fully saturated rings. The lowest BCUT2D eigenvalue weighted by atomic mass is 10.2. The molecule has 0 spiro atoms. The molecule has 0 saturated carbocycles. The maximum absolute atomic E-state index is 10.7. The van der Waals surface area contributed by atoms with Gasteiger partial charge < -0.3 is 5.11 Å². The fraction of sp³-hybridized carbons (Fsp3) is 0.167. The highest BCUT2D eigenvalue weighted by molar-refractivity contribution is 6.57. The third kappa shape index (κ3) is 1.000. The van der Waals surface area contributed by atoms with Gasteiger partial charge in [-0.3, -0.25) is 20.3 Å². The lowest BCUT2D eigenvalue weighted by Gasteiger charge is -1.91. The van der Waals surface area contributed by atoms with Crippen molar-refractivity contribution >= 4 is 17.5 Å². The number of allylic oxidation sites excluding steroid dienone is 1. The van der Waals surface area contributed by atoms with Crippen LogP contribution < -0.4 is 5.32 Å². The number of hydrogen-bond donors (Lipinski definition) is 3. The van der Waals surface area contributed by atoms with Crippen LogP contribution in [0, 0.1) is 5.41 Å². The SMILES string of the molecule is CC(O)=C1C(=N)C(=O)NC1=O. The summed E-state index contributed by atoms with van der Waals surface area (Å²) < 4.78 is 0. The van der Waals surface area contributed by atoms with Gasteiger partial charge in [-0.15, -0.1) is 0 Å². The number of aliphatic hydroxyl groups is 1. The van der Waals surface area contributed by atoms with Gasteiger partial charge >= 0.3 is 0 Å². The van der Waals surface area contributed by atoms with Gasteiger partial charge in [0.25, 0.3) is 11.8 Å². The lowest BCUT2D eigenvalue weighted by Crippen LogP contribution is -2.21. The molecule has 5 nitrogen and oxygen atoms in total. The maximum Gasteiger partial charge on any atom is 0.276 e. The van der Waals surface area contributed by atoms with Crippen molar-refractivity contribution in [3.63, 3.8) is 0 Å². The first-order valence-corrected chi connectivity index (χ1v) is 2.88. The molecule has 0 aliphatic carbocycles. The molecule has 11 heavy (non-hydrogen) atoms. The number of rotatable bonds is 0. The number of amides is 2. The Kier molecular flexibility index (Phi) is 1.48. The van der Waals surface area contributed by atoms with E-state index in [4.69, 9.17) is 10.5 Å². The zero-order valence-electron chi connectivity index (χ0n) is 5.76. The largest absolute Gasteiger partial charge is 0.512 e. The Balaban J connectivity index is 3.19. The molecule has 1 heterocycles. The molecule has 3 N–H and O–H groups in total. The summed E-state index contributed by atoms with van der Waals surface area (Å²) in [6, 6.07) is 0. The summed E-state index contributed by atoms with van der Waals surface area (Å²) >= 11 is 0. The fourth-order valence-electron chi connectivity index (χ4n) is 0.800. The van der Waals surface area contributed by atoms with Gasteiger partial charge in [0.05, 0.1) is 0 Å². The molecule has 0 aromatic heterocycles. The average molecular weight is 154 g/mol. The van der Waals surface area contributed by atoms with E-state index >= 15 is 0 Å². The molecule has 58 valence electrons. The first kappa shape index (κ1) is 7.46. The van der Waals surface area contributed by atoms with Crippen molar-refractivity contribution in [1.82, 2.24) is 5.32 Å². The van der Waals surface area contributed by atoms with Gasteiger partial charge in [0, 0.05) is 0 Å². The maximum atomic E-state index is 10.7. The van der Waals surface area contributed by atoms with Gasteiger partial charge in [-0.1, -0.05) is 0 Å². The van der Waals surface area contributed by atoms with Crippen LogP contribution in [0.1, 0.15) is 6.92 Å². The number of nitrogens with one attached hydrogen (secondary N) is 2. The zero-order chi connectivity index (χ0) is 8.59. The first-order chi connectivity index (χ1) is 5.04. The topological polar surface area (TPSA) is 90.2 Å². The molecule has 0 atom stereocenters. The third-order valence-electron chi connectivity index (χ3n) is 1.29. The van der Waals surface area contributed by atoms with Gasteiger partial charge in [0.1, 0.15) is 17.0 Å². The molecule has 1 aliphatic heterocycles. The van der Waals surface area contributed by atoms with Crippen LogP contribution in [-0.2, 0) is 9.59 Å². The van der Waals surface area contributed by atoms with Gasteiger partial charge in [-0.2, -0.15) is 0 Å². The van der Waals surface area contributed by atoms with E-state index in [1.54, 1.807) is 0 Å². The van der Waals surface area contributed by atoms with E-state index < -0.39 is 17.5 Å². The summed E-state index contributed by atoms with van der Waals surface area (Å²) in [4.78, 5) is 21.3. The van der Waals surface area contributed by atoms with Gasteiger partial charge in [-0.25, -0.2) is 0 Å². The lowest BCUT2D eigenvalue weighted by molar-refractivity contribution is -0.122. The second kappa shape index (κ2) is 2.19. The van der Waals surface area contributed by atoms with Gasteiger partial charge in [0.15, 0.2) is 0 Å². The highest BCUT2D eigenvalue weighted by atomic mass is 16.3. The molecule has 1 saturated heterocycles. The quantitative estimate of drug-likeness (QED) is 0.249. The number of carbonyl (C=O) groups is 2. The van der Waals surface area contributed by atoms with E-state index in [1.165, 1.54) is 6.92 Å². The van der Waals surface area contributed by atoms with E-state index in [-0.39, 0.29) is 11.3 Å². The van der Waals surface area contributed by atoms with E-state index in [1.807, 2.05) is 5.32 Å². The Morgan fingerprint density at radius 3 is 2.18 bits per heavy atom. The Bertz CT molecular complexity index is 286. The number of hydrogen-bond acceptors (Lipinski definition) is 4. The molecule has 1 aliphatic rings. The molecule has 0 aromatic carbocycles. The van der Waals surface area contributed by atoms with Crippen molar-refractivity contribution in [2.24, 2.45) is 0 Å². The van der Waals surface area contributed by atoms with E-state index in [9.17, 15) is 9.59 Å². The number of imide groups is 1. The molecule has 0 bridgehead atoms. The Hall–Kier alpha value is -1.65. The summed E-state index contributed by atoms with van der Waals surface area (Å²) in [5, 5.41) is 17.7. The highest BCUT2D eigenvalue weighted by Crippen LogP contribution is 2.08. The molecular formula is C6H6N2O3. The molecule has 5 heteroatoms. The van der Waals surface area contributed by atoms with E-state index in [2.05, 4.69) is 0 Å². The summed E-state index contributed by atoms with van der Waals surface area (Å²) in [7, 11) is 0. The molecule has 0 aromatic rings. The summed E-state index contributed by atoms with van der Waals surface area (Å²) in [6.45, 7) is 1.25. The van der Waals surface area contributed by atoms with Crippen LogP contribution >= 0.6 is 0 Å². The van der Waals surface area contributed by atoms with Crippen molar-refractivity contribution in [2.75, 3.05) is 0 Å². The minimum absolute atomic E-state index is 0.241. The molecule has 2 amide bonds. The second-order valence-electron chi connectivity index (χ2n) is 2.12. The smallest absolute Gasteiger partial charge is 0.276 e. The van der Waals surface area contributed by atoms with Crippen molar-refractivity contribution in [2.45, 2.75) is 6.92 Å². The first-order valence-electron chi connectivity index (χ1n) is 2.88. The van der Waals surface area contributed by atoms with Crippen molar-refractivity contribution in [1.29, 1.82) is 5.41 Å². The van der Waals surface area contributed by atoms with Gasteiger partial charge in [-0.05, 0) is 6.92 Å². The molecular weight excluding hydrogens is 148 g/mol. The number of aliphatic hydroxyl groups excluding tert-OH is 1. The van der Waals surface area contributed by atoms with Crippen LogP contribution in [0.3, 0.4) is 0 Å². The van der Waals surface area contributed by atoms with Crippen LogP contribution in [0.2, 0.25) is 0 Å². The predicted octanol–water partition coefficient (Wildman–Crippen LogP) is -0.505. The monoisotopic (exact) mass is 154 g/mol. The minimum atomic E-state index is -0.765. The molecule has 0 radical (unpaired) electrons. The van der Waals surface area contributed by atoms with Crippen LogP contribution in [0.5, 0.6) is 0 Å². The normalized spacial score (nSPS) is 22.1. The fourth-order valence-corrected chi connectivity index (χ4v) is 0.800. The molecule has 0 unspecified atom stereocenters.